The lowest BCUT2D eigenvalue weighted by Gasteiger charge is -2.20. The second-order valence-corrected chi connectivity index (χ2v) is 2.87. The Labute approximate surface area is 76.0 Å². The van der Waals surface area contributed by atoms with Gasteiger partial charge in [0.05, 0.1) is 0 Å². The van der Waals surface area contributed by atoms with Gasteiger partial charge < -0.3 is 5.11 Å². The Hall–Kier alpha value is -1.36. The lowest BCUT2D eigenvalue weighted by molar-refractivity contribution is -0.144. The zero-order valence-corrected chi connectivity index (χ0v) is 7.19. The molecule has 1 saturated heterocycles. The van der Waals surface area contributed by atoms with E-state index in [1.165, 1.54) is 5.01 Å². The van der Waals surface area contributed by atoms with E-state index in [1.807, 2.05) is 0 Å². The molecule has 5 nitrogen and oxygen atoms in total. The highest BCUT2D eigenvalue weighted by atomic mass is 16.4. The minimum atomic E-state index is -0.901. The van der Waals surface area contributed by atoms with Crippen molar-refractivity contribution in [3.63, 3.8) is 0 Å². The summed E-state index contributed by atoms with van der Waals surface area (Å²) in [4.78, 5) is 21.5. The second-order valence-electron chi connectivity index (χ2n) is 2.87. The third-order valence-electron chi connectivity index (χ3n) is 1.98. The number of carbonyl (C=O) groups excluding carboxylic acids is 1. The van der Waals surface area contributed by atoms with Crippen LogP contribution in [0.4, 0.5) is 0 Å². The van der Waals surface area contributed by atoms with E-state index in [-0.39, 0.29) is 5.91 Å². The molecule has 0 aromatic carbocycles. The van der Waals surface area contributed by atoms with Crippen LogP contribution in [0.1, 0.15) is 12.8 Å². The smallest absolute Gasteiger partial charge is 0.322 e. The average molecular weight is 184 g/mol. The fourth-order valence-electron chi connectivity index (χ4n) is 1.34. The number of nitrogens with one attached hydrogen (secondary N) is 1. The highest BCUT2D eigenvalue weighted by Crippen LogP contribution is 2.14. The molecule has 5 heteroatoms. The van der Waals surface area contributed by atoms with Crippen LogP contribution in [0.2, 0.25) is 0 Å². The highest BCUT2D eigenvalue weighted by Gasteiger charge is 2.31. The van der Waals surface area contributed by atoms with Crippen LogP contribution in [0.15, 0.2) is 12.7 Å². The zero-order chi connectivity index (χ0) is 9.84. The van der Waals surface area contributed by atoms with Crippen LogP contribution in [0.25, 0.3) is 0 Å². The Kier molecular flexibility index (Phi) is 3.02. The summed E-state index contributed by atoms with van der Waals surface area (Å²) in [7, 11) is 0. The van der Waals surface area contributed by atoms with Crippen LogP contribution in [0.3, 0.4) is 0 Å². The molecule has 1 amide bonds. The third kappa shape index (κ3) is 2.29. The molecule has 13 heavy (non-hydrogen) atoms. The van der Waals surface area contributed by atoms with Crippen LogP contribution in [-0.2, 0) is 9.59 Å². The van der Waals surface area contributed by atoms with Gasteiger partial charge in [-0.2, -0.15) is 0 Å². The van der Waals surface area contributed by atoms with Crippen molar-refractivity contribution in [2.45, 2.75) is 18.9 Å². The van der Waals surface area contributed by atoms with Gasteiger partial charge in [0.15, 0.2) is 0 Å². The number of hydrogen-bond acceptors (Lipinski definition) is 3. The van der Waals surface area contributed by atoms with Crippen molar-refractivity contribution in [3.05, 3.63) is 12.7 Å². The van der Waals surface area contributed by atoms with Gasteiger partial charge in [-0.05, 0) is 18.9 Å². The van der Waals surface area contributed by atoms with Crippen molar-refractivity contribution in [1.82, 2.24) is 10.4 Å². The number of hydrazine groups is 1. The predicted octanol–water partition coefficient (Wildman–Crippen LogP) is -0.247. The van der Waals surface area contributed by atoms with E-state index in [1.54, 1.807) is 0 Å². The molecule has 0 aliphatic carbocycles. The largest absolute Gasteiger partial charge is 0.480 e. The van der Waals surface area contributed by atoms with E-state index in [2.05, 4.69) is 12.0 Å². The lowest BCUT2D eigenvalue weighted by atomic mass is 10.2. The number of aliphatic carboxylic acids is 1. The van der Waals surface area contributed by atoms with Crippen molar-refractivity contribution in [3.8, 4) is 0 Å². The summed E-state index contributed by atoms with van der Waals surface area (Å²) in [6.07, 6.45) is 2.48. The lowest BCUT2D eigenvalue weighted by Crippen LogP contribution is -2.47. The van der Waals surface area contributed by atoms with E-state index in [9.17, 15) is 9.59 Å². The number of nitrogens with zero attached hydrogens (tertiary/aromatic N) is 1. The maximum absolute atomic E-state index is 10.9. The molecule has 1 atom stereocenters. The number of hydrogen-bond donors (Lipinski definition) is 2. The fourth-order valence-corrected chi connectivity index (χ4v) is 1.34. The Morgan fingerprint density at radius 3 is 2.85 bits per heavy atom. The molecule has 1 aliphatic heterocycles. The molecule has 1 rings (SSSR count). The van der Waals surface area contributed by atoms with Gasteiger partial charge in [0.2, 0.25) is 0 Å². The summed E-state index contributed by atoms with van der Waals surface area (Å²) < 4.78 is 0. The molecule has 0 spiro atoms. The van der Waals surface area contributed by atoms with Gasteiger partial charge in [0.25, 0.3) is 5.91 Å². The molecule has 0 radical (unpaired) electrons. The standard InChI is InChI=1S/C8H12N2O3/c1-2-7(11)9-10-5-3-4-6(10)8(12)13/h2,6H,1,3-5H2,(H,9,11)(H,12,13). The number of amides is 1. The van der Waals surface area contributed by atoms with Gasteiger partial charge in [0, 0.05) is 6.54 Å². The van der Waals surface area contributed by atoms with Crippen molar-refractivity contribution >= 4 is 11.9 Å². The molecule has 2 N–H and O–H groups in total. The topological polar surface area (TPSA) is 69.6 Å². The Balaban J connectivity index is 2.53. The number of carbonyl (C=O) groups is 2. The predicted molar refractivity (Wildman–Crippen MR) is 45.7 cm³/mol. The molecule has 1 heterocycles. The highest BCUT2D eigenvalue weighted by molar-refractivity contribution is 5.86. The maximum Gasteiger partial charge on any atom is 0.322 e. The summed E-state index contributed by atoms with van der Waals surface area (Å²) in [6, 6.07) is -0.594. The zero-order valence-electron chi connectivity index (χ0n) is 7.19. The maximum atomic E-state index is 10.9. The van der Waals surface area contributed by atoms with Gasteiger partial charge in [-0.15, -0.1) is 0 Å². The first-order valence-electron chi connectivity index (χ1n) is 4.07. The molecule has 0 aromatic rings. The summed E-state index contributed by atoms with van der Waals surface area (Å²) in [5.74, 6) is -1.27. The fraction of sp³-hybridized carbons (Fsp3) is 0.500. The van der Waals surface area contributed by atoms with E-state index < -0.39 is 12.0 Å². The van der Waals surface area contributed by atoms with Crippen LogP contribution < -0.4 is 5.43 Å². The van der Waals surface area contributed by atoms with Gasteiger partial charge in [0.1, 0.15) is 6.04 Å². The first kappa shape index (κ1) is 9.73. The summed E-state index contributed by atoms with van der Waals surface area (Å²) >= 11 is 0. The van der Waals surface area contributed by atoms with Gasteiger partial charge >= 0.3 is 5.97 Å². The van der Waals surface area contributed by atoms with Crippen LogP contribution in [-0.4, -0.2) is 34.6 Å². The van der Waals surface area contributed by atoms with Crippen molar-refractivity contribution in [1.29, 1.82) is 0 Å². The quantitative estimate of drug-likeness (QED) is 0.593. The normalized spacial score (nSPS) is 22.6. The molecular formula is C8H12N2O3. The molecule has 1 fully saturated rings. The minimum absolute atomic E-state index is 0.367. The molecule has 0 aromatic heterocycles. The molecule has 72 valence electrons. The van der Waals surface area contributed by atoms with Crippen molar-refractivity contribution in [2.75, 3.05) is 6.54 Å². The third-order valence-corrected chi connectivity index (χ3v) is 1.98. The van der Waals surface area contributed by atoms with Gasteiger partial charge in [-0.1, -0.05) is 6.58 Å². The van der Waals surface area contributed by atoms with Crippen LogP contribution in [0, 0.1) is 0 Å². The van der Waals surface area contributed by atoms with Crippen LogP contribution >= 0.6 is 0 Å². The molecular weight excluding hydrogens is 172 g/mol. The minimum Gasteiger partial charge on any atom is -0.480 e. The Morgan fingerprint density at radius 2 is 2.31 bits per heavy atom. The molecule has 0 saturated carbocycles. The van der Waals surface area contributed by atoms with E-state index >= 15 is 0 Å². The Morgan fingerprint density at radius 1 is 1.62 bits per heavy atom. The van der Waals surface area contributed by atoms with Gasteiger partial charge in [-0.25, -0.2) is 5.01 Å². The monoisotopic (exact) mass is 184 g/mol. The van der Waals surface area contributed by atoms with Crippen LogP contribution in [0.5, 0.6) is 0 Å². The first-order chi connectivity index (χ1) is 6.15. The number of carboxylic acid groups (broad SMARTS) is 1. The van der Waals surface area contributed by atoms with Crippen molar-refractivity contribution < 1.29 is 14.7 Å². The summed E-state index contributed by atoms with van der Waals surface area (Å²) in [5.41, 5.74) is 2.46. The first-order valence-corrected chi connectivity index (χ1v) is 4.07. The number of carboxylic acids is 1. The SMILES string of the molecule is C=CC(=O)NN1CCCC1C(=O)O. The molecule has 0 bridgehead atoms. The summed E-state index contributed by atoms with van der Waals surface area (Å²) in [6.45, 7) is 3.87. The Bertz CT molecular complexity index is 240. The second kappa shape index (κ2) is 4.04. The number of rotatable bonds is 3. The van der Waals surface area contributed by atoms with Gasteiger partial charge in [-0.3, -0.25) is 15.0 Å². The van der Waals surface area contributed by atoms with E-state index in [0.717, 1.165) is 12.5 Å². The van der Waals surface area contributed by atoms with Crippen molar-refractivity contribution in [2.24, 2.45) is 0 Å². The van der Waals surface area contributed by atoms with E-state index in [4.69, 9.17) is 5.11 Å². The average Bonchev–Trinajstić information content (AvgIpc) is 2.52. The van der Waals surface area contributed by atoms with E-state index in [0.29, 0.717) is 13.0 Å². The summed E-state index contributed by atoms with van der Waals surface area (Å²) in [5, 5.41) is 10.2. The molecule has 1 aliphatic rings. The molecule has 1 unspecified atom stereocenters.